The summed E-state index contributed by atoms with van der Waals surface area (Å²) in [4.78, 5) is 14.2. The molecule has 0 saturated carbocycles. The van der Waals surface area contributed by atoms with E-state index in [2.05, 4.69) is 12.2 Å². The van der Waals surface area contributed by atoms with Gasteiger partial charge in [-0.25, -0.2) is 8.42 Å². The molecule has 1 aliphatic heterocycles. The van der Waals surface area contributed by atoms with E-state index in [1.807, 2.05) is 16.7 Å². The van der Waals surface area contributed by atoms with Gasteiger partial charge in [0, 0.05) is 37.4 Å². The Kier molecular flexibility index (Phi) is 4.74. The Morgan fingerprint density at radius 3 is 2.67 bits per heavy atom. The molecule has 1 amide bonds. The first kappa shape index (κ1) is 16.4. The number of nitrogen functional groups attached to an aromatic ring is 1. The van der Waals surface area contributed by atoms with Gasteiger partial charge in [-0.2, -0.15) is 11.8 Å². The highest BCUT2D eigenvalue weighted by Crippen LogP contribution is 2.42. The predicted molar refractivity (Wildman–Crippen MR) is 89.4 cm³/mol. The van der Waals surface area contributed by atoms with E-state index in [0.29, 0.717) is 10.3 Å². The highest BCUT2D eigenvalue weighted by Gasteiger charge is 2.31. The zero-order chi connectivity index (χ0) is 15.8. The third-order valence-electron chi connectivity index (χ3n) is 3.21. The Hall–Kier alpha value is -0.930. The molecule has 6 nitrogen and oxygen atoms in total. The Morgan fingerprint density at radius 1 is 1.48 bits per heavy atom. The molecule has 1 saturated heterocycles. The van der Waals surface area contributed by atoms with Crippen LogP contribution in [-0.4, -0.2) is 51.7 Å². The molecule has 9 heteroatoms. The third-order valence-corrected chi connectivity index (χ3v) is 6.90. The summed E-state index contributed by atoms with van der Waals surface area (Å²) >= 11 is 3.01. The number of hydrogen-bond donors (Lipinski definition) is 2. The second kappa shape index (κ2) is 6.05. The molecular weight excluding hydrogens is 330 g/mol. The number of anilines is 2. The van der Waals surface area contributed by atoms with E-state index in [-0.39, 0.29) is 21.4 Å². The second-order valence-corrected chi connectivity index (χ2v) is 9.46. The van der Waals surface area contributed by atoms with E-state index in [0.717, 1.165) is 36.4 Å². The minimum atomic E-state index is -3.49. The Bertz CT molecular complexity index is 654. The summed E-state index contributed by atoms with van der Waals surface area (Å²) in [6, 6.07) is 0. The Morgan fingerprint density at radius 2 is 2.14 bits per heavy atom. The van der Waals surface area contributed by atoms with Crippen molar-refractivity contribution in [3.05, 3.63) is 4.88 Å². The van der Waals surface area contributed by atoms with Crippen LogP contribution in [0.1, 0.15) is 16.6 Å². The van der Waals surface area contributed by atoms with Crippen molar-refractivity contribution >= 4 is 49.5 Å². The van der Waals surface area contributed by atoms with Crippen LogP contribution in [-0.2, 0) is 9.84 Å². The quantitative estimate of drug-likeness (QED) is 0.847. The van der Waals surface area contributed by atoms with Crippen LogP contribution in [0.4, 0.5) is 10.7 Å². The maximum Gasteiger partial charge on any atom is 0.263 e. The summed E-state index contributed by atoms with van der Waals surface area (Å²) in [5.41, 5.74) is 6.00. The van der Waals surface area contributed by atoms with E-state index in [4.69, 9.17) is 5.73 Å². The van der Waals surface area contributed by atoms with Crippen LogP contribution in [0.15, 0.2) is 4.90 Å². The van der Waals surface area contributed by atoms with Gasteiger partial charge >= 0.3 is 0 Å². The number of thiophene rings is 1. The molecule has 1 unspecified atom stereocenters. The largest absolute Gasteiger partial charge is 0.396 e. The molecule has 1 aromatic heterocycles. The van der Waals surface area contributed by atoms with Crippen molar-refractivity contribution in [2.45, 2.75) is 17.1 Å². The van der Waals surface area contributed by atoms with Crippen molar-refractivity contribution in [3.63, 3.8) is 0 Å². The van der Waals surface area contributed by atoms with Crippen LogP contribution in [0.25, 0.3) is 0 Å². The molecule has 1 aromatic rings. The van der Waals surface area contributed by atoms with Gasteiger partial charge in [-0.3, -0.25) is 4.79 Å². The normalized spacial score (nSPS) is 19.6. The molecule has 21 heavy (non-hydrogen) atoms. The van der Waals surface area contributed by atoms with E-state index < -0.39 is 9.84 Å². The lowest BCUT2D eigenvalue weighted by molar-refractivity contribution is 0.0968. The summed E-state index contributed by atoms with van der Waals surface area (Å²) in [5.74, 6) is 0.574. The fraction of sp³-hybridized carbons (Fsp3) is 0.583. The number of nitrogens with one attached hydrogen (secondary N) is 1. The number of hydrogen-bond acceptors (Lipinski definition) is 7. The third kappa shape index (κ3) is 3.29. The molecule has 0 radical (unpaired) electrons. The lowest BCUT2D eigenvalue weighted by Crippen LogP contribution is -2.36. The lowest BCUT2D eigenvalue weighted by Gasteiger charge is -2.31. The summed E-state index contributed by atoms with van der Waals surface area (Å²) in [6.07, 6.45) is 1.13. The standard InChI is InChI=1S/C12H19N3O3S3/c1-7-6-15(4-5-19-7)12-10(21(3,17)18)8(13)9(20-12)11(16)14-2/h7H,4-6,13H2,1-3H3,(H,14,16). The molecule has 3 N–H and O–H groups in total. The number of carbonyl (C=O) groups is 1. The molecule has 0 aliphatic carbocycles. The molecule has 0 spiro atoms. The first-order chi connectivity index (χ1) is 9.75. The molecule has 2 heterocycles. The molecule has 1 atom stereocenters. The van der Waals surface area contributed by atoms with Crippen LogP contribution < -0.4 is 16.0 Å². The fourth-order valence-electron chi connectivity index (χ4n) is 2.27. The maximum atomic E-state index is 12.1. The van der Waals surface area contributed by atoms with Crippen LogP contribution in [0, 0.1) is 0 Å². The average molecular weight is 350 g/mol. The van der Waals surface area contributed by atoms with Gasteiger partial charge in [0.25, 0.3) is 5.91 Å². The number of nitrogens with two attached hydrogens (primary N) is 1. The van der Waals surface area contributed by atoms with Gasteiger partial charge < -0.3 is 16.0 Å². The zero-order valence-corrected chi connectivity index (χ0v) is 14.6. The Labute approximate surface area is 133 Å². The number of nitrogens with zero attached hydrogens (tertiary/aromatic N) is 1. The second-order valence-electron chi connectivity index (χ2n) is 4.96. The Balaban J connectivity index is 2.56. The summed E-state index contributed by atoms with van der Waals surface area (Å²) in [5, 5.41) is 3.50. The minimum absolute atomic E-state index is 0.0581. The van der Waals surface area contributed by atoms with E-state index in [9.17, 15) is 13.2 Å². The topological polar surface area (TPSA) is 92.5 Å². The molecule has 1 fully saturated rings. The summed E-state index contributed by atoms with van der Waals surface area (Å²) in [7, 11) is -1.99. The van der Waals surface area contributed by atoms with Gasteiger partial charge in [0.15, 0.2) is 9.84 Å². The number of rotatable bonds is 3. The number of sulfone groups is 1. The van der Waals surface area contributed by atoms with Gasteiger partial charge in [-0.05, 0) is 0 Å². The molecule has 2 rings (SSSR count). The van der Waals surface area contributed by atoms with Crippen molar-refractivity contribution in [1.29, 1.82) is 0 Å². The van der Waals surface area contributed by atoms with Gasteiger partial charge in [-0.15, -0.1) is 11.3 Å². The first-order valence-electron chi connectivity index (χ1n) is 6.46. The van der Waals surface area contributed by atoms with Crippen molar-refractivity contribution in [2.75, 3.05) is 42.8 Å². The van der Waals surface area contributed by atoms with Crippen LogP contribution >= 0.6 is 23.1 Å². The number of thioether (sulfide) groups is 1. The summed E-state index contributed by atoms with van der Waals surface area (Å²) < 4.78 is 24.2. The first-order valence-corrected chi connectivity index (χ1v) is 10.2. The van der Waals surface area contributed by atoms with E-state index in [1.54, 1.807) is 0 Å². The molecule has 1 aliphatic rings. The zero-order valence-electron chi connectivity index (χ0n) is 12.2. The van der Waals surface area contributed by atoms with Gasteiger partial charge in [0.05, 0.1) is 5.69 Å². The number of carbonyl (C=O) groups excluding carboxylic acids is 1. The van der Waals surface area contributed by atoms with E-state index in [1.165, 1.54) is 7.05 Å². The molecule has 118 valence electrons. The average Bonchev–Trinajstić information content (AvgIpc) is 2.75. The number of amides is 1. The van der Waals surface area contributed by atoms with Crippen molar-refractivity contribution in [2.24, 2.45) is 0 Å². The minimum Gasteiger partial charge on any atom is -0.396 e. The smallest absolute Gasteiger partial charge is 0.263 e. The van der Waals surface area contributed by atoms with Crippen LogP contribution in [0.2, 0.25) is 0 Å². The summed E-state index contributed by atoms with van der Waals surface area (Å²) in [6.45, 7) is 3.61. The predicted octanol–water partition coefficient (Wildman–Crippen LogP) is 1.04. The van der Waals surface area contributed by atoms with Gasteiger partial charge in [0.1, 0.15) is 14.8 Å². The highest BCUT2D eigenvalue weighted by atomic mass is 32.2. The van der Waals surface area contributed by atoms with Crippen LogP contribution in [0.5, 0.6) is 0 Å². The molecular formula is C12H19N3O3S3. The van der Waals surface area contributed by atoms with Gasteiger partial charge in [0.2, 0.25) is 0 Å². The van der Waals surface area contributed by atoms with Crippen molar-refractivity contribution in [3.8, 4) is 0 Å². The monoisotopic (exact) mass is 349 g/mol. The SMILES string of the molecule is CNC(=O)c1sc(N2CCSC(C)C2)c(S(C)(=O)=O)c1N. The molecule has 0 bridgehead atoms. The lowest BCUT2D eigenvalue weighted by atomic mass is 10.3. The van der Waals surface area contributed by atoms with E-state index >= 15 is 0 Å². The highest BCUT2D eigenvalue weighted by molar-refractivity contribution is 8.00. The van der Waals surface area contributed by atoms with Gasteiger partial charge in [-0.1, -0.05) is 6.92 Å². The molecule has 0 aromatic carbocycles. The van der Waals surface area contributed by atoms with Crippen molar-refractivity contribution < 1.29 is 13.2 Å². The van der Waals surface area contributed by atoms with Crippen LogP contribution in [0.3, 0.4) is 0 Å². The fourth-order valence-corrected chi connectivity index (χ4v) is 5.97. The maximum absolute atomic E-state index is 12.1. The van der Waals surface area contributed by atoms with Crippen molar-refractivity contribution in [1.82, 2.24) is 5.32 Å².